The van der Waals surface area contributed by atoms with Gasteiger partial charge in [-0.1, -0.05) is 24.3 Å². The molecular weight excluding hydrogens is 188 g/mol. The van der Waals surface area contributed by atoms with Crippen LogP contribution in [0.5, 0.6) is 0 Å². The number of hydrogen-bond donors (Lipinski definition) is 0. The molecule has 1 aromatic rings. The largest absolute Gasteiger partial charge is 0.380 e. The lowest BCUT2D eigenvalue weighted by Gasteiger charge is -2.00. The molecule has 0 amide bonds. The summed E-state index contributed by atoms with van der Waals surface area (Å²) in [5, 5.41) is 0. The Kier molecular flexibility index (Phi) is 4.25. The van der Waals surface area contributed by atoms with Gasteiger partial charge in [-0.15, -0.1) is 0 Å². The average molecular weight is 204 g/mol. The van der Waals surface area contributed by atoms with Crippen molar-refractivity contribution in [2.75, 3.05) is 7.11 Å². The number of carbonyl (C=O) groups is 1. The van der Waals surface area contributed by atoms with Crippen LogP contribution in [0.3, 0.4) is 0 Å². The fourth-order valence-corrected chi connectivity index (χ4v) is 1.23. The first-order chi connectivity index (χ1) is 7.13. The lowest BCUT2D eigenvalue weighted by atomic mass is 10.1. The van der Waals surface area contributed by atoms with Crippen molar-refractivity contribution in [2.24, 2.45) is 0 Å². The monoisotopic (exact) mass is 204 g/mol. The molecule has 0 unspecified atom stereocenters. The van der Waals surface area contributed by atoms with Gasteiger partial charge in [-0.3, -0.25) is 4.79 Å². The zero-order valence-corrected chi connectivity index (χ0v) is 9.41. The van der Waals surface area contributed by atoms with Crippen molar-refractivity contribution in [3.63, 3.8) is 0 Å². The molecule has 0 saturated heterocycles. The molecule has 0 aromatic heterocycles. The van der Waals surface area contributed by atoms with Crippen LogP contribution < -0.4 is 0 Å². The predicted octanol–water partition coefficient (Wildman–Crippen LogP) is 2.83. The highest BCUT2D eigenvalue weighted by Gasteiger charge is 1.97. The lowest BCUT2D eigenvalue weighted by Crippen LogP contribution is -1.91. The Labute approximate surface area is 90.6 Å². The minimum Gasteiger partial charge on any atom is -0.380 e. The van der Waals surface area contributed by atoms with E-state index in [1.807, 2.05) is 37.3 Å². The first kappa shape index (κ1) is 11.7. The van der Waals surface area contributed by atoms with E-state index in [0.29, 0.717) is 6.61 Å². The van der Waals surface area contributed by atoms with Crippen LogP contribution in [0.15, 0.2) is 29.8 Å². The lowest BCUT2D eigenvalue weighted by molar-refractivity contribution is -0.113. The van der Waals surface area contributed by atoms with Crippen LogP contribution >= 0.6 is 0 Å². The molecule has 0 saturated carbocycles. The number of Topliss-reactive ketones (excluding diaryl/α,β-unsaturated/α-hetero) is 1. The molecule has 0 atom stereocenters. The number of ketones is 1. The molecule has 2 heteroatoms. The molecule has 80 valence electrons. The zero-order valence-electron chi connectivity index (χ0n) is 9.41. The maximum Gasteiger partial charge on any atom is 0.155 e. The summed E-state index contributed by atoms with van der Waals surface area (Å²) in [6.07, 6.45) is 1.89. The first-order valence-corrected chi connectivity index (χ1v) is 4.90. The van der Waals surface area contributed by atoms with Gasteiger partial charge in [-0.2, -0.15) is 0 Å². The van der Waals surface area contributed by atoms with E-state index in [9.17, 15) is 4.79 Å². The summed E-state index contributed by atoms with van der Waals surface area (Å²) in [6.45, 7) is 4.02. The summed E-state index contributed by atoms with van der Waals surface area (Å²) < 4.78 is 5.02. The molecule has 2 nitrogen and oxygen atoms in total. The van der Waals surface area contributed by atoms with Crippen LogP contribution in [0.25, 0.3) is 6.08 Å². The third-order valence-corrected chi connectivity index (χ3v) is 2.23. The van der Waals surface area contributed by atoms with Gasteiger partial charge in [-0.25, -0.2) is 0 Å². The Morgan fingerprint density at radius 1 is 1.27 bits per heavy atom. The topological polar surface area (TPSA) is 26.3 Å². The Bertz CT molecular complexity index is 361. The van der Waals surface area contributed by atoms with Gasteiger partial charge >= 0.3 is 0 Å². The SMILES string of the molecule is COCc1ccc(/C=C(/C)C(C)=O)cc1. The van der Waals surface area contributed by atoms with E-state index >= 15 is 0 Å². The summed E-state index contributed by atoms with van der Waals surface area (Å²) in [7, 11) is 1.67. The number of methoxy groups -OCH3 is 1. The smallest absolute Gasteiger partial charge is 0.155 e. The second-order valence-electron chi connectivity index (χ2n) is 3.56. The van der Waals surface area contributed by atoms with Crippen molar-refractivity contribution in [1.29, 1.82) is 0 Å². The normalized spacial score (nSPS) is 11.5. The molecule has 0 aliphatic heterocycles. The fourth-order valence-electron chi connectivity index (χ4n) is 1.23. The van der Waals surface area contributed by atoms with Gasteiger partial charge in [0.15, 0.2) is 5.78 Å². The number of rotatable bonds is 4. The van der Waals surface area contributed by atoms with E-state index in [-0.39, 0.29) is 5.78 Å². The van der Waals surface area contributed by atoms with Crippen molar-refractivity contribution < 1.29 is 9.53 Å². The number of carbonyl (C=O) groups excluding carboxylic acids is 1. The fraction of sp³-hybridized carbons (Fsp3) is 0.308. The van der Waals surface area contributed by atoms with Gasteiger partial charge in [0.25, 0.3) is 0 Å². The highest BCUT2D eigenvalue weighted by Crippen LogP contribution is 2.10. The van der Waals surface area contributed by atoms with Crippen LogP contribution in [0.2, 0.25) is 0 Å². The van der Waals surface area contributed by atoms with Gasteiger partial charge in [0.05, 0.1) is 6.61 Å². The number of ether oxygens (including phenoxy) is 1. The molecule has 0 radical (unpaired) electrons. The van der Waals surface area contributed by atoms with Crippen LogP contribution in [-0.2, 0) is 16.1 Å². The van der Waals surface area contributed by atoms with Gasteiger partial charge in [0.2, 0.25) is 0 Å². The summed E-state index contributed by atoms with van der Waals surface area (Å²) in [4.78, 5) is 11.0. The molecule has 0 aliphatic rings. The summed E-state index contributed by atoms with van der Waals surface area (Å²) in [5.74, 6) is 0.107. The van der Waals surface area contributed by atoms with E-state index in [1.165, 1.54) is 0 Å². The first-order valence-electron chi connectivity index (χ1n) is 4.90. The second-order valence-corrected chi connectivity index (χ2v) is 3.56. The Morgan fingerprint density at radius 2 is 1.87 bits per heavy atom. The molecule has 0 spiro atoms. The van der Waals surface area contributed by atoms with Crippen molar-refractivity contribution >= 4 is 11.9 Å². The molecular formula is C13H16O2. The molecule has 0 aliphatic carbocycles. The highest BCUT2D eigenvalue weighted by atomic mass is 16.5. The van der Waals surface area contributed by atoms with Crippen LogP contribution in [-0.4, -0.2) is 12.9 Å². The number of benzene rings is 1. The molecule has 0 N–H and O–H groups in total. The maximum atomic E-state index is 11.0. The van der Waals surface area contributed by atoms with Gasteiger partial charge in [0.1, 0.15) is 0 Å². The minimum absolute atomic E-state index is 0.107. The van der Waals surface area contributed by atoms with Crippen molar-refractivity contribution in [3.8, 4) is 0 Å². The maximum absolute atomic E-state index is 11.0. The predicted molar refractivity (Wildman–Crippen MR) is 61.5 cm³/mol. The average Bonchev–Trinajstić information content (AvgIpc) is 2.21. The van der Waals surface area contributed by atoms with E-state index in [2.05, 4.69) is 0 Å². The quantitative estimate of drug-likeness (QED) is 0.705. The Balaban J connectivity index is 2.80. The molecule has 0 bridgehead atoms. The van der Waals surface area contributed by atoms with Crippen LogP contribution in [0.4, 0.5) is 0 Å². The molecule has 15 heavy (non-hydrogen) atoms. The number of allylic oxidation sites excluding steroid dienone is 1. The molecule has 0 heterocycles. The highest BCUT2D eigenvalue weighted by molar-refractivity contribution is 5.97. The van der Waals surface area contributed by atoms with Gasteiger partial charge in [-0.05, 0) is 36.6 Å². The summed E-state index contributed by atoms with van der Waals surface area (Å²) in [6, 6.07) is 7.98. The Hall–Kier alpha value is -1.41. The third kappa shape index (κ3) is 3.68. The van der Waals surface area contributed by atoms with Crippen molar-refractivity contribution in [3.05, 3.63) is 41.0 Å². The van der Waals surface area contributed by atoms with E-state index in [0.717, 1.165) is 16.7 Å². The van der Waals surface area contributed by atoms with E-state index in [4.69, 9.17) is 4.74 Å². The number of hydrogen-bond acceptors (Lipinski definition) is 2. The van der Waals surface area contributed by atoms with Crippen LogP contribution in [0.1, 0.15) is 25.0 Å². The van der Waals surface area contributed by atoms with E-state index < -0.39 is 0 Å². The summed E-state index contributed by atoms with van der Waals surface area (Å²) in [5.41, 5.74) is 2.95. The zero-order chi connectivity index (χ0) is 11.3. The van der Waals surface area contributed by atoms with Crippen LogP contribution in [0, 0.1) is 0 Å². The molecule has 0 fully saturated rings. The molecule has 1 rings (SSSR count). The van der Waals surface area contributed by atoms with Crippen molar-refractivity contribution in [2.45, 2.75) is 20.5 Å². The summed E-state index contributed by atoms with van der Waals surface area (Å²) >= 11 is 0. The van der Waals surface area contributed by atoms with Gasteiger partial charge < -0.3 is 4.74 Å². The third-order valence-electron chi connectivity index (χ3n) is 2.23. The van der Waals surface area contributed by atoms with Crippen molar-refractivity contribution in [1.82, 2.24) is 0 Å². The van der Waals surface area contributed by atoms with E-state index in [1.54, 1.807) is 14.0 Å². The Morgan fingerprint density at radius 3 is 2.33 bits per heavy atom. The second kappa shape index (κ2) is 5.47. The molecule has 1 aromatic carbocycles. The van der Waals surface area contributed by atoms with Gasteiger partial charge in [0, 0.05) is 7.11 Å². The standard InChI is InChI=1S/C13H16O2/c1-10(11(2)14)8-12-4-6-13(7-5-12)9-15-3/h4-8H,9H2,1-3H3/b10-8-. The minimum atomic E-state index is 0.107.